The number of ether oxygens (including phenoxy) is 1. The molecule has 1 aromatic carbocycles. The standard InChI is InChI=1S/C17H12Cl2FN3O/c1-17(2)14-13(8-6-7-11(19)21-16(8)24-17)22-15(23-14)12-9(18)4-3-5-10(12)20/h3-7H,1-2H3,(H,22,23). The topological polar surface area (TPSA) is 50.8 Å². The van der Waals surface area contributed by atoms with Crippen LogP contribution in [0.1, 0.15) is 19.5 Å². The van der Waals surface area contributed by atoms with Crippen molar-refractivity contribution in [1.29, 1.82) is 0 Å². The van der Waals surface area contributed by atoms with Crippen LogP contribution >= 0.6 is 23.2 Å². The zero-order valence-electron chi connectivity index (χ0n) is 12.8. The van der Waals surface area contributed by atoms with E-state index in [1.807, 2.05) is 13.8 Å². The number of H-pyrrole nitrogens is 1. The van der Waals surface area contributed by atoms with Gasteiger partial charge in [0.1, 0.15) is 28.1 Å². The number of aromatic amines is 1. The van der Waals surface area contributed by atoms with Crippen LogP contribution in [-0.2, 0) is 5.60 Å². The smallest absolute Gasteiger partial charge is 0.225 e. The highest BCUT2D eigenvalue weighted by Gasteiger charge is 2.37. The summed E-state index contributed by atoms with van der Waals surface area (Å²) in [6.45, 7) is 3.75. The van der Waals surface area contributed by atoms with Gasteiger partial charge in [0.25, 0.3) is 0 Å². The third kappa shape index (κ3) is 2.27. The third-order valence-corrected chi connectivity index (χ3v) is 4.46. The van der Waals surface area contributed by atoms with Crippen LogP contribution < -0.4 is 4.74 Å². The lowest BCUT2D eigenvalue weighted by Crippen LogP contribution is -2.30. The summed E-state index contributed by atoms with van der Waals surface area (Å²) < 4.78 is 20.2. The number of rotatable bonds is 1. The summed E-state index contributed by atoms with van der Waals surface area (Å²) in [5.74, 6) is 0.307. The maximum absolute atomic E-state index is 14.2. The highest BCUT2D eigenvalue weighted by molar-refractivity contribution is 6.33. The van der Waals surface area contributed by atoms with Gasteiger partial charge in [-0.2, -0.15) is 0 Å². The monoisotopic (exact) mass is 363 g/mol. The molecule has 7 heteroatoms. The van der Waals surface area contributed by atoms with Crippen LogP contribution in [0.5, 0.6) is 5.88 Å². The van der Waals surface area contributed by atoms with Crippen molar-refractivity contribution >= 4 is 23.2 Å². The van der Waals surface area contributed by atoms with Crippen molar-refractivity contribution in [2.45, 2.75) is 19.4 Å². The Kier molecular flexibility index (Phi) is 3.34. The normalized spacial score (nSPS) is 14.7. The Morgan fingerprint density at radius 1 is 1.12 bits per heavy atom. The van der Waals surface area contributed by atoms with Crippen molar-refractivity contribution in [3.63, 3.8) is 0 Å². The van der Waals surface area contributed by atoms with Gasteiger partial charge in [0, 0.05) is 0 Å². The molecule has 0 amide bonds. The Hall–Kier alpha value is -2.11. The Bertz CT molecular complexity index is 948. The van der Waals surface area contributed by atoms with Gasteiger partial charge < -0.3 is 9.72 Å². The highest BCUT2D eigenvalue weighted by atomic mass is 35.5. The second-order valence-electron chi connectivity index (χ2n) is 6.00. The largest absolute Gasteiger partial charge is 0.465 e. The van der Waals surface area contributed by atoms with Crippen LogP contribution in [0.2, 0.25) is 10.2 Å². The fourth-order valence-electron chi connectivity index (χ4n) is 2.81. The number of nitrogens with zero attached hydrogens (tertiary/aromatic N) is 2. The molecule has 0 saturated heterocycles. The maximum atomic E-state index is 14.2. The summed E-state index contributed by atoms with van der Waals surface area (Å²) >= 11 is 12.1. The lowest BCUT2D eigenvalue weighted by atomic mass is 9.97. The zero-order valence-corrected chi connectivity index (χ0v) is 14.3. The van der Waals surface area contributed by atoms with Gasteiger partial charge in [0.2, 0.25) is 5.88 Å². The molecule has 4 rings (SSSR count). The van der Waals surface area contributed by atoms with E-state index < -0.39 is 11.4 Å². The van der Waals surface area contributed by atoms with Crippen LogP contribution in [-0.4, -0.2) is 15.0 Å². The van der Waals surface area contributed by atoms with Crippen LogP contribution in [0, 0.1) is 5.82 Å². The van der Waals surface area contributed by atoms with Gasteiger partial charge in [-0.05, 0) is 38.1 Å². The summed E-state index contributed by atoms with van der Waals surface area (Å²) in [7, 11) is 0. The summed E-state index contributed by atoms with van der Waals surface area (Å²) in [5.41, 5.74) is 1.59. The van der Waals surface area contributed by atoms with E-state index >= 15 is 0 Å². The Balaban J connectivity index is 1.97. The average Bonchev–Trinajstić information content (AvgIpc) is 2.92. The summed E-state index contributed by atoms with van der Waals surface area (Å²) in [6.07, 6.45) is 0. The molecular weight excluding hydrogens is 352 g/mol. The van der Waals surface area contributed by atoms with E-state index in [0.717, 1.165) is 5.69 Å². The Morgan fingerprint density at radius 2 is 1.92 bits per heavy atom. The van der Waals surface area contributed by atoms with Gasteiger partial charge in [-0.25, -0.2) is 14.4 Å². The first-order valence-electron chi connectivity index (χ1n) is 7.27. The van der Waals surface area contributed by atoms with Crippen molar-refractivity contribution in [3.8, 4) is 28.5 Å². The molecule has 0 bridgehead atoms. The van der Waals surface area contributed by atoms with Crippen LogP contribution in [0.3, 0.4) is 0 Å². The first kappa shape index (κ1) is 15.4. The van der Waals surface area contributed by atoms with Gasteiger partial charge in [-0.15, -0.1) is 0 Å². The second-order valence-corrected chi connectivity index (χ2v) is 6.80. The predicted molar refractivity (Wildman–Crippen MR) is 90.9 cm³/mol. The molecular formula is C17H12Cl2FN3O. The molecule has 0 aliphatic carbocycles. The van der Waals surface area contributed by atoms with Gasteiger partial charge >= 0.3 is 0 Å². The molecule has 2 aromatic heterocycles. The predicted octanol–water partition coefficient (Wildman–Crippen LogP) is 5.21. The molecule has 0 unspecified atom stereocenters. The van der Waals surface area contributed by atoms with E-state index in [9.17, 15) is 4.39 Å². The fraction of sp³-hybridized carbons (Fsp3) is 0.176. The molecule has 4 nitrogen and oxygen atoms in total. The number of hydrogen-bond donors (Lipinski definition) is 1. The number of benzene rings is 1. The molecule has 0 fully saturated rings. The van der Waals surface area contributed by atoms with Gasteiger partial charge in [0.15, 0.2) is 0 Å². The molecule has 0 saturated carbocycles. The number of fused-ring (bicyclic) bond motifs is 3. The number of nitrogens with one attached hydrogen (secondary N) is 1. The van der Waals surface area contributed by atoms with Crippen LogP contribution in [0.4, 0.5) is 4.39 Å². The van der Waals surface area contributed by atoms with Gasteiger partial charge in [-0.1, -0.05) is 29.3 Å². The number of halogens is 3. The summed E-state index contributed by atoms with van der Waals surface area (Å²) in [5, 5.41) is 0.621. The van der Waals surface area contributed by atoms with Crippen molar-refractivity contribution in [2.75, 3.05) is 0 Å². The van der Waals surface area contributed by atoms with Crippen molar-refractivity contribution in [2.24, 2.45) is 0 Å². The van der Waals surface area contributed by atoms with Crippen molar-refractivity contribution in [1.82, 2.24) is 15.0 Å². The molecule has 3 aromatic rings. The van der Waals surface area contributed by atoms with E-state index in [0.29, 0.717) is 28.1 Å². The molecule has 1 aliphatic heterocycles. The molecule has 122 valence electrons. The van der Waals surface area contributed by atoms with Gasteiger partial charge in [0.05, 0.1) is 21.8 Å². The maximum Gasteiger partial charge on any atom is 0.225 e. The fourth-order valence-corrected chi connectivity index (χ4v) is 3.21. The first-order chi connectivity index (χ1) is 11.4. The average molecular weight is 364 g/mol. The van der Waals surface area contributed by atoms with Crippen molar-refractivity contribution < 1.29 is 9.13 Å². The Labute approximate surface area is 147 Å². The lowest BCUT2D eigenvalue weighted by Gasteiger charge is -2.30. The quantitative estimate of drug-likeness (QED) is 0.603. The van der Waals surface area contributed by atoms with Crippen LogP contribution in [0.15, 0.2) is 30.3 Å². The minimum Gasteiger partial charge on any atom is -0.465 e. The van der Waals surface area contributed by atoms with Crippen molar-refractivity contribution in [3.05, 3.63) is 52.0 Å². The molecule has 0 atom stereocenters. The Morgan fingerprint density at radius 3 is 2.67 bits per heavy atom. The van der Waals surface area contributed by atoms with E-state index in [1.54, 1.807) is 24.3 Å². The SMILES string of the molecule is CC1(C)Oc2nc(Cl)ccc2-c2nc(-c3c(F)cccc3Cl)[nH]c21. The summed E-state index contributed by atoms with van der Waals surface area (Å²) in [4.78, 5) is 11.9. The van der Waals surface area contributed by atoms with Gasteiger partial charge in [-0.3, -0.25) is 0 Å². The van der Waals surface area contributed by atoms with E-state index in [2.05, 4.69) is 15.0 Å². The number of aromatic nitrogens is 3. The lowest BCUT2D eigenvalue weighted by molar-refractivity contribution is 0.0947. The second kappa shape index (κ2) is 5.19. The minimum atomic E-state index is -0.719. The minimum absolute atomic E-state index is 0.229. The molecule has 3 heterocycles. The van der Waals surface area contributed by atoms with E-state index in [1.165, 1.54) is 6.07 Å². The first-order valence-corrected chi connectivity index (χ1v) is 8.03. The number of pyridine rings is 1. The highest BCUT2D eigenvalue weighted by Crippen LogP contribution is 2.44. The molecule has 1 aliphatic rings. The molecule has 0 radical (unpaired) electrons. The molecule has 1 N–H and O–H groups in total. The zero-order chi connectivity index (χ0) is 17.1. The number of hydrogen-bond acceptors (Lipinski definition) is 3. The summed E-state index contributed by atoms with van der Waals surface area (Å²) in [6, 6.07) is 7.97. The molecule has 0 spiro atoms. The third-order valence-electron chi connectivity index (χ3n) is 3.94. The van der Waals surface area contributed by atoms with E-state index in [4.69, 9.17) is 27.9 Å². The number of imidazole rings is 1. The van der Waals surface area contributed by atoms with Crippen LogP contribution in [0.25, 0.3) is 22.6 Å². The molecule has 24 heavy (non-hydrogen) atoms. The van der Waals surface area contributed by atoms with E-state index in [-0.39, 0.29) is 10.6 Å².